The molecule has 2 aromatic heterocycles. The molecule has 158 valence electrons. The van der Waals surface area contributed by atoms with Crippen LogP contribution in [0.5, 0.6) is 17.4 Å². The Morgan fingerprint density at radius 2 is 1.78 bits per heavy atom. The lowest BCUT2D eigenvalue weighted by molar-refractivity contribution is 0.430. The highest BCUT2D eigenvalue weighted by atomic mass is 19.1. The van der Waals surface area contributed by atoms with Crippen LogP contribution in [-0.2, 0) is 6.54 Å². The van der Waals surface area contributed by atoms with E-state index >= 15 is 0 Å². The maximum Gasteiger partial charge on any atom is 0.199 e. The lowest BCUT2D eigenvalue weighted by Crippen LogP contribution is -1.97. The Balaban J connectivity index is 1.40. The molecule has 0 fully saturated rings. The Morgan fingerprint density at radius 1 is 0.938 bits per heavy atom. The Bertz CT molecular complexity index is 1390. The number of benzene rings is 3. The summed E-state index contributed by atoms with van der Waals surface area (Å²) in [5.74, 6) is 0.976. The third-order valence-corrected chi connectivity index (χ3v) is 5.43. The highest BCUT2D eigenvalue weighted by Gasteiger charge is 2.13. The third kappa shape index (κ3) is 3.93. The van der Waals surface area contributed by atoms with Crippen molar-refractivity contribution in [3.8, 4) is 28.6 Å². The number of fused-ring (bicyclic) bond motifs is 1. The first-order valence-electron chi connectivity index (χ1n) is 10.3. The molecule has 0 saturated heterocycles. The van der Waals surface area contributed by atoms with Gasteiger partial charge in [-0.25, -0.2) is 4.39 Å². The smallest absolute Gasteiger partial charge is 0.199 e. The predicted octanol–water partition coefficient (Wildman–Crippen LogP) is 6.70. The largest absolute Gasteiger partial charge is 0.494 e. The summed E-state index contributed by atoms with van der Waals surface area (Å²) in [4.78, 5) is 4.43. The number of aromatic nitrogens is 2. The highest BCUT2D eigenvalue weighted by molar-refractivity contribution is 5.94. The zero-order chi connectivity index (χ0) is 22.1. The van der Waals surface area contributed by atoms with E-state index in [1.807, 2.05) is 66.2 Å². The number of ether oxygens (including phenoxy) is 1. The number of aryl methyl sites for hydroxylation is 1. The molecule has 0 spiro atoms. The minimum absolute atomic E-state index is 0.241. The van der Waals surface area contributed by atoms with Crippen LogP contribution in [-0.4, -0.2) is 14.7 Å². The third-order valence-electron chi connectivity index (χ3n) is 5.43. The van der Waals surface area contributed by atoms with Crippen molar-refractivity contribution in [1.82, 2.24) is 9.55 Å². The van der Waals surface area contributed by atoms with Crippen LogP contribution in [0.4, 0.5) is 4.39 Å². The van der Waals surface area contributed by atoms with Crippen molar-refractivity contribution in [3.63, 3.8) is 0 Å². The quantitative estimate of drug-likeness (QED) is 0.342. The molecule has 5 rings (SSSR count). The second-order valence-electron chi connectivity index (χ2n) is 7.76. The molecule has 2 heterocycles. The van der Waals surface area contributed by atoms with E-state index in [0.29, 0.717) is 18.0 Å². The summed E-state index contributed by atoms with van der Waals surface area (Å²) in [5, 5.41) is 12.7. The molecular weight excluding hydrogens is 403 g/mol. The van der Waals surface area contributed by atoms with Gasteiger partial charge in [0.05, 0.1) is 12.2 Å². The van der Waals surface area contributed by atoms with E-state index in [0.717, 1.165) is 33.2 Å². The van der Waals surface area contributed by atoms with Crippen LogP contribution in [0.15, 0.2) is 91.3 Å². The number of nitrogens with zero attached hydrogens (tertiary/aromatic N) is 2. The number of pyridine rings is 1. The van der Waals surface area contributed by atoms with Crippen LogP contribution in [0, 0.1) is 12.7 Å². The zero-order valence-electron chi connectivity index (χ0n) is 17.5. The molecule has 5 heteroatoms. The minimum atomic E-state index is -0.337. The fourth-order valence-corrected chi connectivity index (χ4v) is 3.92. The molecular formula is C27H21FN2O2. The van der Waals surface area contributed by atoms with Gasteiger partial charge in [0.2, 0.25) is 0 Å². The van der Waals surface area contributed by atoms with Crippen LogP contribution in [0.2, 0.25) is 0 Å². The van der Waals surface area contributed by atoms with Crippen LogP contribution >= 0.6 is 0 Å². The zero-order valence-corrected chi connectivity index (χ0v) is 17.5. The first-order chi connectivity index (χ1) is 15.6. The van der Waals surface area contributed by atoms with Crippen LogP contribution < -0.4 is 4.74 Å². The summed E-state index contributed by atoms with van der Waals surface area (Å²) < 4.78 is 20.9. The van der Waals surface area contributed by atoms with Crippen molar-refractivity contribution in [2.75, 3.05) is 0 Å². The molecule has 0 bridgehead atoms. The van der Waals surface area contributed by atoms with Crippen LogP contribution in [0.3, 0.4) is 0 Å². The number of hydrogen-bond donors (Lipinski definition) is 1. The average Bonchev–Trinajstić information content (AvgIpc) is 3.11. The van der Waals surface area contributed by atoms with E-state index < -0.39 is 0 Å². The van der Waals surface area contributed by atoms with E-state index in [2.05, 4.69) is 11.1 Å². The highest BCUT2D eigenvalue weighted by Crippen LogP contribution is 2.34. The number of halogens is 1. The monoisotopic (exact) mass is 424 g/mol. The topological polar surface area (TPSA) is 47.3 Å². The first kappa shape index (κ1) is 19.8. The van der Waals surface area contributed by atoms with Crippen LogP contribution in [0.1, 0.15) is 11.1 Å². The van der Waals surface area contributed by atoms with Gasteiger partial charge in [-0.3, -0.25) is 4.98 Å². The van der Waals surface area contributed by atoms with Crippen molar-refractivity contribution >= 4 is 10.8 Å². The first-order valence-corrected chi connectivity index (χ1v) is 10.3. The fourth-order valence-electron chi connectivity index (χ4n) is 3.92. The van der Waals surface area contributed by atoms with Crippen molar-refractivity contribution in [2.45, 2.75) is 13.5 Å². The van der Waals surface area contributed by atoms with Gasteiger partial charge in [0.1, 0.15) is 17.3 Å². The summed E-state index contributed by atoms with van der Waals surface area (Å²) >= 11 is 0. The molecule has 0 unspecified atom stereocenters. The van der Waals surface area contributed by atoms with Gasteiger partial charge in [-0.15, -0.1) is 0 Å². The summed E-state index contributed by atoms with van der Waals surface area (Å²) in [6.07, 6.45) is 3.74. The molecule has 0 aliphatic carbocycles. The second kappa shape index (κ2) is 8.19. The molecule has 0 aliphatic rings. The average molecular weight is 424 g/mol. The molecule has 4 nitrogen and oxygen atoms in total. The number of rotatable bonds is 5. The molecule has 1 N–H and O–H groups in total. The Hall–Kier alpha value is -4.12. The molecule has 32 heavy (non-hydrogen) atoms. The Morgan fingerprint density at radius 3 is 2.53 bits per heavy atom. The van der Waals surface area contributed by atoms with Gasteiger partial charge in [-0.2, -0.15) is 0 Å². The van der Waals surface area contributed by atoms with E-state index in [-0.39, 0.29) is 11.7 Å². The van der Waals surface area contributed by atoms with Gasteiger partial charge < -0.3 is 14.4 Å². The van der Waals surface area contributed by atoms with E-state index in [9.17, 15) is 9.50 Å². The van der Waals surface area contributed by atoms with E-state index in [1.165, 1.54) is 12.1 Å². The van der Waals surface area contributed by atoms with Crippen molar-refractivity contribution in [2.24, 2.45) is 0 Å². The number of aromatic hydroxyl groups is 1. The van der Waals surface area contributed by atoms with Gasteiger partial charge in [-0.05, 0) is 66.6 Å². The molecule has 5 aromatic rings. The second-order valence-corrected chi connectivity index (χ2v) is 7.76. The maximum absolute atomic E-state index is 13.3. The Labute approximate surface area is 185 Å². The normalized spacial score (nSPS) is 11.1. The maximum atomic E-state index is 13.3. The standard InChI is InChI=1S/C27H21FN2O2/c1-18-13-20(25-7-2-3-12-29-25)14-21-17-30(27(31)26(18)21)16-19-8-10-23(11-9-19)32-24-6-4-5-22(28)15-24/h2-15,17,31H,16H2,1H3. The summed E-state index contributed by atoms with van der Waals surface area (Å²) in [6, 6.07) is 23.5. The predicted molar refractivity (Wildman–Crippen MR) is 124 cm³/mol. The summed E-state index contributed by atoms with van der Waals surface area (Å²) in [7, 11) is 0. The SMILES string of the molecule is Cc1cc(-c2ccccn2)cc2cn(Cc3ccc(Oc4cccc(F)c4)cc3)c(O)c12. The molecule has 0 radical (unpaired) electrons. The Kier molecular flexibility index (Phi) is 5.07. The van der Waals surface area contributed by atoms with Gasteiger partial charge in [0.25, 0.3) is 0 Å². The fraction of sp³-hybridized carbons (Fsp3) is 0.0741. The molecule has 0 amide bonds. The van der Waals surface area contributed by atoms with Crippen molar-refractivity contribution < 1.29 is 14.2 Å². The number of hydrogen-bond acceptors (Lipinski definition) is 3. The lowest BCUT2D eigenvalue weighted by Gasteiger charge is -2.08. The summed E-state index contributed by atoms with van der Waals surface area (Å²) in [6.45, 7) is 2.51. The van der Waals surface area contributed by atoms with Crippen molar-refractivity contribution in [3.05, 3.63) is 108 Å². The van der Waals surface area contributed by atoms with Gasteiger partial charge in [-0.1, -0.05) is 24.3 Å². The summed E-state index contributed by atoms with van der Waals surface area (Å²) in [5.41, 5.74) is 3.93. The molecule has 0 aliphatic heterocycles. The van der Waals surface area contributed by atoms with Gasteiger partial charge >= 0.3 is 0 Å². The molecule has 0 atom stereocenters. The van der Waals surface area contributed by atoms with Crippen molar-refractivity contribution in [1.29, 1.82) is 0 Å². The van der Waals surface area contributed by atoms with Gasteiger partial charge in [0, 0.05) is 34.8 Å². The van der Waals surface area contributed by atoms with Crippen LogP contribution in [0.25, 0.3) is 22.0 Å². The lowest BCUT2D eigenvalue weighted by atomic mass is 10.0. The molecule has 3 aromatic carbocycles. The van der Waals surface area contributed by atoms with Gasteiger partial charge in [0.15, 0.2) is 5.88 Å². The molecule has 0 saturated carbocycles. The minimum Gasteiger partial charge on any atom is -0.494 e. The van der Waals surface area contributed by atoms with E-state index in [4.69, 9.17) is 4.74 Å². The van der Waals surface area contributed by atoms with E-state index in [1.54, 1.807) is 18.3 Å².